The van der Waals surface area contributed by atoms with Crippen LogP contribution in [0, 0.1) is 10.1 Å². The van der Waals surface area contributed by atoms with E-state index in [1.54, 1.807) is 0 Å². The zero-order chi connectivity index (χ0) is 13.4. The third kappa shape index (κ3) is 2.60. The van der Waals surface area contributed by atoms with Crippen LogP contribution in [0.15, 0.2) is 17.0 Å². The Morgan fingerprint density at radius 2 is 2.00 bits per heavy atom. The first-order chi connectivity index (χ1) is 7.66. The number of hydrogen-bond donors (Lipinski definition) is 1. The largest absolute Gasteiger partial charge is 0.300 e. The summed E-state index contributed by atoms with van der Waals surface area (Å²) in [6, 6.07) is 1.97. The normalized spacial score (nSPS) is 11.2. The molecule has 9 heteroatoms. The number of benzene rings is 1. The van der Waals surface area contributed by atoms with Crippen LogP contribution in [0.4, 0.5) is 5.69 Å². The summed E-state index contributed by atoms with van der Waals surface area (Å²) in [4.78, 5) is 20.4. The quantitative estimate of drug-likeness (QED) is 0.504. The lowest BCUT2D eigenvalue weighted by Gasteiger charge is -2.05. The molecule has 1 aromatic carbocycles. The Bertz CT molecular complexity index is 611. The molecule has 17 heavy (non-hydrogen) atoms. The lowest BCUT2D eigenvalue weighted by molar-refractivity contribution is -0.385. The van der Waals surface area contributed by atoms with E-state index in [0.717, 1.165) is 19.1 Å². The Kier molecular flexibility index (Phi) is 3.51. The monoisotopic (exact) mass is 278 g/mol. The smallest absolute Gasteiger partial charge is 0.294 e. The number of halogens is 1. The summed E-state index contributed by atoms with van der Waals surface area (Å²) in [5.74, 6) is -0.598. The van der Waals surface area contributed by atoms with Gasteiger partial charge >= 0.3 is 0 Å². The van der Waals surface area contributed by atoms with E-state index in [1.807, 2.05) is 0 Å². The summed E-state index contributed by atoms with van der Waals surface area (Å²) >= 11 is 5.58. The van der Waals surface area contributed by atoms with Crippen molar-refractivity contribution in [2.45, 2.75) is 11.8 Å². The van der Waals surface area contributed by atoms with Gasteiger partial charge in [-0.2, -0.15) is 0 Å². The van der Waals surface area contributed by atoms with E-state index in [0.29, 0.717) is 0 Å². The van der Waals surface area contributed by atoms with Crippen LogP contribution < -0.4 is 5.14 Å². The standard InChI is InChI=1S/C8H7ClN2O5S/c1-4(12)5-2-3-6(17(10,15)16)7(9)8(5)11(13)14/h2-3H,1H3,(H2,10,15,16). The second kappa shape index (κ2) is 4.40. The van der Waals surface area contributed by atoms with Gasteiger partial charge in [-0.1, -0.05) is 11.6 Å². The van der Waals surface area contributed by atoms with Crippen molar-refractivity contribution in [3.8, 4) is 0 Å². The number of nitrogens with two attached hydrogens (primary N) is 1. The summed E-state index contributed by atoms with van der Waals surface area (Å²) < 4.78 is 22.2. The average molecular weight is 279 g/mol. The van der Waals surface area contributed by atoms with Crippen molar-refractivity contribution in [2.75, 3.05) is 0 Å². The van der Waals surface area contributed by atoms with E-state index in [-0.39, 0.29) is 5.56 Å². The molecule has 92 valence electrons. The number of nitro benzene ring substituents is 1. The fourth-order valence-electron chi connectivity index (χ4n) is 1.23. The second-order valence-corrected chi connectivity index (χ2v) is 5.04. The van der Waals surface area contributed by atoms with Crippen LogP contribution >= 0.6 is 11.6 Å². The average Bonchev–Trinajstić information content (AvgIpc) is 2.13. The molecule has 0 radical (unpaired) electrons. The van der Waals surface area contributed by atoms with E-state index in [9.17, 15) is 23.3 Å². The molecule has 7 nitrogen and oxygen atoms in total. The molecule has 2 N–H and O–H groups in total. The van der Waals surface area contributed by atoms with Crippen molar-refractivity contribution in [1.29, 1.82) is 0 Å². The highest BCUT2D eigenvalue weighted by molar-refractivity contribution is 7.89. The van der Waals surface area contributed by atoms with Crippen molar-refractivity contribution < 1.29 is 18.1 Å². The van der Waals surface area contributed by atoms with E-state index >= 15 is 0 Å². The fraction of sp³-hybridized carbons (Fsp3) is 0.125. The van der Waals surface area contributed by atoms with Crippen LogP contribution in [-0.2, 0) is 10.0 Å². The Hall–Kier alpha value is -1.51. The molecular weight excluding hydrogens is 272 g/mol. The highest BCUT2D eigenvalue weighted by Gasteiger charge is 2.27. The predicted molar refractivity (Wildman–Crippen MR) is 59.5 cm³/mol. The molecule has 0 saturated heterocycles. The molecular formula is C8H7ClN2O5S. The molecule has 0 aliphatic rings. The number of Topliss-reactive ketones (excluding diaryl/α,β-unsaturated/α-hetero) is 1. The van der Waals surface area contributed by atoms with Gasteiger partial charge in [-0.3, -0.25) is 14.9 Å². The zero-order valence-electron chi connectivity index (χ0n) is 8.51. The van der Waals surface area contributed by atoms with Gasteiger partial charge in [0.15, 0.2) is 5.78 Å². The maximum absolute atomic E-state index is 11.1. The van der Waals surface area contributed by atoms with E-state index in [1.165, 1.54) is 0 Å². The summed E-state index contributed by atoms with van der Waals surface area (Å²) in [6.45, 7) is 1.11. The summed E-state index contributed by atoms with van der Waals surface area (Å²) in [5, 5.41) is 14.9. The minimum atomic E-state index is -4.18. The third-order valence-electron chi connectivity index (χ3n) is 1.95. The Balaban J connectivity index is 3.73. The van der Waals surface area contributed by atoms with Crippen molar-refractivity contribution in [2.24, 2.45) is 5.14 Å². The number of hydrogen-bond acceptors (Lipinski definition) is 5. The molecule has 0 unspecified atom stereocenters. The van der Waals surface area contributed by atoms with Gasteiger partial charge in [0.1, 0.15) is 9.92 Å². The summed E-state index contributed by atoms with van der Waals surface area (Å²) in [7, 11) is -4.18. The van der Waals surface area contributed by atoms with Crippen LogP contribution in [0.25, 0.3) is 0 Å². The molecule has 0 aliphatic heterocycles. The Morgan fingerprint density at radius 1 is 1.47 bits per heavy atom. The van der Waals surface area contributed by atoms with Crippen LogP contribution in [0.3, 0.4) is 0 Å². The van der Waals surface area contributed by atoms with Gasteiger partial charge in [0.25, 0.3) is 5.69 Å². The van der Waals surface area contributed by atoms with Gasteiger partial charge in [0.2, 0.25) is 10.0 Å². The van der Waals surface area contributed by atoms with E-state index in [4.69, 9.17) is 16.7 Å². The van der Waals surface area contributed by atoms with Gasteiger partial charge in [0, 0.05) is 0 Å². The number of carbonyl (C=O) groups excluding carboxylic acids is 1. The van der Waals surface area contributed by atoms with Crippen molar-refractivity contribution in [1.82, 2.24) is 0 Å². The summed E-state index contributed by atoms with van der Waals surface area (Å²) in [5.41, 5.74) is -1.03. The molecule has 0 bridgehead atoms. The number of ketones is 1. The molecule has 0 saturated carbocycles. The predicted octanol–water partition coefficient (Wildman–Crippen LogP) is 1.10. The first kappa shape index (κ1) is 13.6. The molecule has 0 aliphatic carbocycles. The molecule has 0 spiro atoms. The molecule has 0 amide bonds. The highest BCUT2D eigenvalue weighted by Crippen LogP contribution is 2.34. The Labute approximate surface area is 101 Å². The molecule has 0 atom stereocenters. The van der Waals surface area contributed by atoms with Gasteiger partial charge in [-0.05, 0) is 19.1 Å². The number of carbonyl (C=O) groups is 1. The molecule has 0 aromatic heterocycles. The minimum Gasteiger partial charge on any atom is -0.294 e. The third-order valence-corrected chi connectivity index (χ3v) is 3.40. The van der Waals surface area contributed by atoms with Crippen molar-refractivity contribution in [3.63, 3.8) is 0 Å². The maximum Gasteiger partial charge on any atom is 0.300 e. The Morgan fingerprint density at radius 3 is 2.35 bits per heavy atom. The SMILES string of the molecule is CC(=O)c1ccc(S(N)(=O)=O)c(Cl)c1[N+](=O)[O-]. The molecule has 0 fully saturated rings. The summed E-state index contributed by atoms with van der Waals surface area (Å²) in [6.07, 6.45) is 0. The van der Waals surface area contributed by atoms with Crippen molar-refractivity contribution >= 4 is 33.1 Å². The number of primary sulfonamides is 1. The van der Waals surface area contributed by atoms with Crippen LogP contribution in [0.2, 0.25) is 5.02 Å². The number of sulfonamides is 1. The number of nitro groups is 1. The van der Waals surface area contributed by atoms with E-state index in [2.05, 4.69) is 0 Å². The van der Waals surface area contributed by atoms with Crippen LogP contribution in [0.1, 0.15) is 17.3 Å². The van der Waals surface area contributed by atoms with Crippen LogP contribution in [-0.4, -0.2) is 19.1 Å². The van der Waals surface area contributed by atoms with Gasteiger partial charge in [-0.15, -0.1) is 0 Å². The van der Waals surface area contributed by atoms with Crippen molar-refractivity contribution in [3.05, 3.63) is 32.8 Å². The molecule has 1 rings (SSSR count). The van der Waals surface area contributed by atoms with Gasteiger partial charge in [0.05, 0.1) is 10.5 Å². The molecule has 1 aromatic rings. The lowest BCUT2D eigenvalue weighted by atomic mass is 10.1. The maximum atomic E-state index is 11.1. The fourth-order valence-corrected chi connectivity index (χ4v) is 2.39. The molecule has 0 heterocycles. The zero-order valence-corrected chi connectivity index (χ0v) is 10.1. The number of rotatable bonds is 3. The topological polar surface area (TPSA) is 120 Å². The van der Waals surface area contributed by atoms with Crippen LogP contribution in [0.5, 0.6) is 0 Å². The first-order valence-electron chi connectivity index (χ1n) is 4.17. The van der Waals surface area contributed by atoms with E-state index < -0.39 is 36.3 Å². The lowest BCUT2D eigenvalue weighted by Crippen LogP contribution is -2.14. The first-order valence-corrected chi connectivity index (χ1v) is 6.09. The van der Waals surface area contributed by atoms with Gasteiger partial charge < -0.3 is 0 Å². The van der Waals surface area contributed by atoms with Gasteiger partial charge in [-0.25, -0.2) is 13.6 Å². The highest BCUT2D eigenvalue weighted by atomic mass is 35.5. The second-order valence-electron chi connectivity index (χ2n) is 3.13. The minimum absolute atomic E-state index is 0.271. The number of nitrogens with zero attached hydrogens (tertiary/aromatic N) is 1.